The molecular weight excluding hydrogens is 480 g/mol. The first-order valence-electron chi connectivity index (χ1n) is 13.6. The third-order valence-electron chi connectivity index (χ3n) is 7.60. The molecule has 2 heterocycles. The van der Waals surface area contributed by atoms with E-state index < -0.39 is 0 Å². The number of benzene rings is 2. The van der Waals surface area contributed by atoms with Crippen molar-refractivity contribution in [2.75, 3.05) is 25.1 Å². The fourth-order valence-corrected chi connectivity index (χ4v) is 6.56. The highest BCUT2D eigenvalue weighted by Gasteiger charge is 2.37. The van der Waals surface area contributed by atoms with Crippen LogP contribution in [-0.4, -0.2) is 52.8 Å². The van der Waals surface area contributed by atoms with Gasteiger partial charge in [0, 0.05) is 24.3 Å². The number of aliphatic imine (C=N–C) groups is 1. The van der Waals surface area contributed by atoms with Crippen LogP contribution in [0.25, 0.3) is 0 Å². The van der Waals surface area contributed by atoms with Crippen molar-refractivity contribution in [3.8, 4) is 5.75 Å². The monoisotopic (exact) mass is 518 g/mol. The van der Waals surface area contributed by atoms with Crippen LogP contribution in [0.3, 0.4) is 0 Å². The number of amidine groups is 1. The highest BCUT2D eigenvalue weighted by molar-refractivity contribution is 8.15. The average molecular weight is 519 g/mol. The fourth-order valence-electron chi connectivity index (χ4n) is 5.59. The number of nitrogens with zero attached hydrogens (tertiary/aromatic N) is 4. The number of ether oxygens (including phenoxy) is 1. The number of thioether (sulfide) groups is 1. The molecule has 6 nitrogen and oxygen atoms in total. The number of methoxy groups -OCH3 is 1. The summed E-state index contributed by atoms with van der Waals surface area (Å²) in [6, 6.07) is 15.4. The lowest BCUT2D eigenvalue weighted by Crippen LogP contribution is -2.41. The van der Waals surface area contributed by atoms with E-state index in [1.165, 1.54) is 55.1 Å². The third kappa shape index (κ3) is 5.42. The standard InChI is InChI=1S/C30H38N4O2S/c1-5-34-29(35)37-30(2,3)27(32-34)23-15-18-26-22(20-23)10-9-19-33(26)28(31-24-11-7-6-8-12-24)21-13-16-25(36-4)17-14-21/h13-18,20,24H,5-12,19H2,1-4H3/b31-28-. The Bertz CT molecular complexity index is 1200. The van der Waals surface area contributed by atoms with Crippen LogP contribution < -0.4 is 9.64 Å². The van der Waals surface area contributed by atoms with E-state index in [1.54, 1.807) is 12.1 Å². The van der Waals surface area contributed by atoms with Gasteiger partial charge in [0.25, 0.3) is 0 Å². The lowest BCUT2D eigenvalue weighted by atomic mass is 9.92. The molecule has 5 rings (SSSR count). The van der Waals surface area contributed by atoms with Gasteiger partial charge in [-0.25, -0.2) is 5.01 Å². The highest BCUT2D eigenvalue weighted by Crippen LogP contribution is 2.38. The summed E-state index contributed by atoms with van der Waals surface area (Å²) in [7, 11) is 1.70. The number of hydrogen-bond donors (Lipinski definition) is 0. The number of aryl methyl sites for hydroxylation is 1. The first-order valence-corrected chi connectivity index (χ1v) is 14.4. The van der Waals surface area contributed by atoms with E-state index in [0.29, 0.717) is 12.6 Å². The van der Waals surface area contributed by atoms with Gasteiger partial charge in [-0.3, -0.25) is 9.79 Å². The normalized spacial score (nSPS) is 20.5. The van der Waals surface area contributed by atoms with Gasteiger partial charge in [-0.2, -0.15) is 5.10 Å². The number of amides is 1. The van der Waals surface area contributed by atoms with Gasteiger partial charge in [0.1, 0.15) is 11.6 Å². The molecule has 0 N–H and O–H groups in total. The third-order valence-corrected chi connectivity index (χ3v) is 8.69. The summed E-state index contributed by atoms with van der Waals surface area (Å²) in [5, 5.41) is 6.38. The maximum absolute atomic E-state index is 12.5. The molecule has 0 radical (unpaired) electrons. The van der Waals surface area contributed by atoms with Crippen LogP contribution in [0.1, 0.15) is 76.0 Å². The van der Waals surface area contributed by atoms with E-state index in [9.17, 15) is 4.79 Å². The summed E-state index contributed by atoms with van der Waals surface area (Å²) in [5.41, 5.74) is 5.74. The van der Waals surface area contributed by atoms with Crippen LogP contribution >= 0.6 is 11.8 Å². The molecule has 0 aromatic heterocycles. The van der Waals surface area contributed by atoms with Crippen LogP contribution in [0.4, 0.5) is 10.5 Å². The van der Waals surface area contributed by atoms with Crippen molar-refractivity contribution in [1.82, 2.24) is 5.01 Å². The largest absolute Gasteiger partial charge is 0.497 e. The summed E-state index contributed by atoms with van der Waals surface area (Å²) in [6.45, 7) is 7.67. The van der Waals surface area contributed by atoms with E-state index in [0.717, 1.165) is 47.8 Å². The molecule has 0 atom stereocenters. The molecule has 196 valence electrons. The first kappa shape index (κ1) is 25.8. The van der Waals surface area contributed by atoms with Crippen LogP contribution in [0.2, 0.25) is 0 Å². The van der Waals surface area contributed by atoms with E-state index >= 15 is 0 Å². The minimum atomic E-state index is -0.373. The van der Waals surface area contributed by atoms with E-state index in [2.05, 4.69) is 49.1 Å². The molecule has 0 spiro atoms. The minimum Gasteiger partial charge on any atom is -0.497 e. The summed E-state index contributed by atoms with van der Waals surface area (Å²) >= 11 is 1.36. The Balaban J connectivity index is 1.53. The zero-order chi connectivity index (χ0) is 26.0. The Kier molecular flexibility index (Phi) is 7.61. The van der Waals surface area contributed by atoms with Crippen molar-refractivity contribution in [1.29, 1.82) is 0 Å². The van der Waals surface area contributed by atoms with Crippen molar-refractivity contribution in [3.63, 3.8) is 0 Å². The van der Waals surface area contributed by atoms with Gasteiger partial charge >= 0.3 is 5.24 Å². The fraction of sp³-hybridized carbons (Fsp3) is 0.500. The second-order valence-corrected chi connectivity index (χ2v) is 12.2. The molecule has 2 aromatic rings. The highest BCUT2D eigenvalue weighted by atomic mass is 32.2. The Morgan fingerprint density at radius 2 is 1.86 bits per heavy atom. The molecule has 1 saturated carbocycles. The van der Waals surface area contributed by atoms with Crippen molar-refractivity contribution in [2.24, 2.45) is 10.1 Å². The first-order chi connectivity index (χ1) is 17.9. The van der Waals surface area contributed by atoms with Crippen LogP contribution in [0.15, 0.2) is 52.6 Å². The number of carbonyl (C=O) groups is 1. The van der Waals surface area contributed by atoms with Crippen molar-refractivity contribution in [3.05, 3.63) is 59.2 Å². The smallest absolute Gasteiger partial charge is 0.302 e. The molecule has 2 aliphatic heterocycles. The van der Waals surface area contributed by atoms with Crippen LogP contribution in [0, 0.1) is 0 Å². The summed E-state index contributed by atoms with van der Waals surface area (Å²) in [4.78, 5) is 20.3. The van der Waals surface area contributed by atoms with Gasteiger partial charge in [-0.05, 0) is 94.0 Å². The lowest BCUT2D eigenvalue weighted by Gasteiger charge is -2.36. The number of fused-ring (bicyclic) bond motifs is 1. The van der Waals surface area contributed by atoms with E-state index in [1.807, 2.05) is 19.1 Å². The molecule has 0 unspecified atom stereocenters. The molecule has 2 aromatic carbocycles. The Labute approximate surface area is 225 Å². The average Bonchev–Trinajstić information content (AvgIpc) is 2.91. The van der Waals surface area contributed by atoms with Gasteiger partial charge < -0.3 is 9.64 Å². The Hall–Kier alpha value is -2.80. The molecule has 1 fully saturated rings. The van der Waals surface area contributed by atoms with E-state index in [4.69, 9.17) is 14.8 Å². The molecule has 37 heavy (non-hydrogen) atoms. The van der Waals surface area contributed by atoms with Gasteiger partial charge in [0.05, 0.1) is 23.6 Å². The summed E-state index contributed by atoms with van der Waals surface area (Å²) < 4.78 is 5.05. The number of rotatable bonds is 5. The van der Waals surface area contributed by atoms with Gasteiger partial charge in [0.15, 0.2) is 0 Å². The molecule has 7 heteroatoms. The predicted octanol–water partition coefficient (Wildman–Crippen LogP) is 6.90. The van der Waals surface area contributed by atoms with Crippen LogP contribution in [0.5, 0.6) is 5.75 Å². The Morgan fingerprint density at radius 3 is 2.57 bits per heavy atom. The molecular formula is C30H38N4O2S. The number of anilines is 1. The second kappa shape index (κ2) is 10.9. The van der Waals surface area contributed by atoms with E-state index in [-0.39, 0.29) is 9.99 Å². The molecule has 1 aliphatic carbocycles. The molecule has 0 bridgehead atoms. The topological polar surface area (TPSA) is 57.5 Å². The maximum atomic E-state index is 12.5. The zero-order valence-electron chi connectivity index (χ0n) is 22.5. The summed E-state index contributed by atoms with van der Waals surface area (Å²) in [5.74, 6) is 1.93. The van der Waals surface area contributed by atoms with Gasteiger partial charge in [-0.15, -0.1) is 0 Å². The predicted molar refractivity (Wildman–Crippen MR) is 154 cm³/mol. The number of hydrazone groups is 1. The number of carbonyl (C=O) groups excluding carboxylic acids is 1. The quantitative estimate of drug-likeness (QED) is 0.319. The molecule has 0 saturated heterocycles. The van der Waals surface area contributed by atoms with Crippen molar-refractivity contribution in [2.45, 2.75) is 76.5 Å². The summed E-state index contributed by atoms with van der Waals surface area (Å²) in [6.07, 6.45) is 8.26. The molecule has 1 amide bonds. The lowest BCUT2D eigenvalue weighted by molar-refractivity contribution is 0.226. The zero-order valence-corrected chi connectivity index (χ0v) is 23.3. The number of hydrogen-bond acceptors (Lipinski definition) is 5. The second-order valence-electron chi connectivity index (χ2n) is 10.6. The van der Waals surface area contributed by atoms with Gasteiger partial charge in [0.2, 0.25) is 0 Å². The SMILES string of the molecule is CCN1N=C(c2ccc3c(c2)CCCN3/C(=N\C2CCCCC2)c2ccc(OC)cc2)C(C)(C)SC1=O. The van der Waals surface area contributed by atoms with Gasteiger partial charge in [-0.1, -0.05) is 37.1 Å². The van der Waals surface area contributed by atoms with Crippen molar-refractivity contribution >= 4 is 34.2 Å². The van der Waals surface area contributed by atoms with Crippen molar-refractivity contribution < 1.29 is 9.53 Å². The Morgan fingerprint density at radius 1 is 1.11 bits per heavy atom. The minimum absolute atomic E-state index is 0.0171. The maximum Gasteiger partial charge on any atom is 0.302 e. The van der Waals surface area contributed by atoms with Crippen LogP contribution in [-0.2, 0) is 6.42 Å². The molecule has 3 aliphatic rings.